The van der Waals surface area contributed by atoms with Crippen LogP contribution < -0.4 is 48.7 Å². The highest BCUT2D eigenvalue weighted by atomic mass is 32.2. The second-order valence-electron chi connectivity index (χ2n) is 13.1. The van der Waals surface area contributed by atoms with Gasteiger partial charge in [-0.15, -0.1) is 0 Å². The Labute approximate surface area is 323 Å². The van der Waals surface area contributed by atoms with Crippen molar-refractivity contribution in [3.63, 3.8) is 0 Å². The SMILES string of the molecule is CSCCC1NC(=O)[C@H](CCCNC(=N)N)NC(=O)C(CCC(=O)O)NC(=O)[C@H]([C@@H](C)O)NC(=O)C(CC(N)=O)NC(=O)CCCCCNC(C)C(=O)C1=O. The molecule has 4 unspecified atom stereocenters. The van der Waals surface area contributed by atoms with Crippen LogP contribution in [-0.4, -0.2) is 137 Å². The summed E-state index contributed by atoms with van der Waals surface area (Å²) in [5, 5.41) is 44.7. The fourth-order valence-electron chi connectivity index (χ4n) is 5.37. The molecule has 0 aliphatic carbocycles. The number of amides is 6. The van der Waals surface area contributed by atoms with Crippen LogP contribution in [0.25, 0.3) is 0 Å². The molecule has 1 fully saturated rings. The van der Waals surface area contributed by atoms with E-state index in [2.05, 4.69) is 37.2 Å². The second kappa shape index (κ2) is 25.3. The van der Waals surface area contributed by atoms with Gasteiger partial charge in [-0.1, -0.05) is 6.42 Å². The molecule has 0 saturated carbocycles. The van der Waals surface area contributed by atoms with Crippen LogP contribution in [0, 0.1) is 5.41 Å². The third kappa shape index (κ3) is 18.9. The quantitative estimate of drug-likeness (QED) is 0.0368. The molecule has 0 spiro atoms. The summed E-state index contributed by atoms with van der Waals surface area (Å²) in [7, 11) is 0. The van der Waals surface area contributed by atoms with Gasteiger partial charge in [-0.3, -0.25) is 48.6 Å². The molecule has 0 radical (unpaired) electrons. The molecule has 21 nitrogen and oxygen atoms in total. The lowest BCUT2D eigenvalue weighted by molar-refractivity contribution is -0.140. The van der Waals surface area contributed by atoms with E-state index in [-0.39, 0.29) is 38.2 Å². The Morgan fingerprint density at radius 1 is 0.836 bits per heavy atom. The number of hydrogen-bond donors (Lipinski definition) is 12. The van der Waals surface area contributed by atoms with Crippen molar-refractivity contribution in [2.45, 2.75) is 120 Å². The summed E-state index contributed by atoms with van der Waals surface area (Å²) in [5.74, 6) is -8.68. The highest BCUT2D eigenvalue weighted by molar-refractivity contribution is 7.98. The van der Waals surface area contributed by atoms with Crippen molar-refractivity contribution in [3.8, 4) is 0 Å². The van der Waals surface area contributed by atoms with Crippen molar-refractivity contribution in [3.05, 3.63) is 0 Å². The fourth-order valence-corrected chi connectivity index (χ4v) is 5.84. The molecular weight excluding hydrogens is 744 g/mol. The molecule has 0 aromatic carbocycles. The predicted octanol–water partition coefficient (Wildman–Crippen LogP) is -3.76. The number of aliphatic hydroxyl groups excluding tert-OH is 1. The molecule has 1 aliphatic heterocycles. The highest BCUT2D eigenvalue weighted by Crippen LogP contribution is 2.09. The zero-order valence-electron chi connectivity index (χ0n) is 31.4. The minimum atomic E-state index is -1.78. The second-order valence-corrected chi connectivity index (χ2v) is 14.1. The van der Waals surface area contributed by atoms with Gasteiger partial charge in [0, 0.05) is 19.4 Å². The van der Waals surface area contributed by atoms with Crippen LogP contribution in [0.15, 0.2) is 0 Å². The molecule has 55 heavy (non-hydrogen) atoms. The van der Waals surface area contributed by atoms with Crippen molar-refractivity contribution in [2.24, 2.45) is 11.5 Å². The predicted molar refractivity (Wildman–Crippen MR) is 200 cm³/mol. The number of carboxylic acids is 1. The van der Waals surface area contributed by atoms with Gasteiger partial charge in [0.2, 0.25) is 47.0 Å². The maximum absolute atomic E-state index is 13.7. The number of carbonyl (C=O) groups is 9. The van der Waals surface area contributed by atoms with Crippen molar-refractivity contribution >= 4 is 70.7 Å². The number of ketones is 2. The largest absolute Gasteiger partial charge is 0.481 e. The van der Waals surface area contributed by atoms with Crippen LogP contribution >= 0.6 is 11.8 Å². The molecule has 14 N–H and O–H groups in total. The number of rotatable bonds is 13. The van der Waals surface area contributed by atoms with Gasteiger partial charge in [0.25, 0.3) is 0 Å². The van der Waals surface area contributed by atoms with E-state index >= 15 is 0 Å². The van der Waals surface area contributed by atoms with Crippen molar-refractivity contribution in [2.75, 3.05) is 25.1 Å². The number of primary amides is 1. The molecule has 6 amide bonds. The third-order valence-corrected chi connectivity index (χ3v) is 9.07. The molecule has 22 heteroatoms. The summed E-state index contributed by atoms with van der Waals surface area (Å²) in [6.07, 6.45) is -0.281. The average molecular weight is 801 g/mol. The van der Waals surface area contributed by atoms with Crippen LogP contribution in [0.3, 0.4) is 0 Å². The first-order valence-electron chi connectivity index (χ1n) is 17.9. The van der Waals surface area contributed by atoms with Crippen molar-refractivity contribution < 1.29 is 53.4 Å². The van der Waals surface area contributed by atoms with Crippen LogP contribution in [0.1, 0.15) is 78.1 Å². The summed E-state index contributed by atoms with van der Waals surface area (Å²) in [5.41, 5.74) is 10.6. The standard InChI is InChI=1S/C33H56N10O11S/c1-17-27(49)28(50)19(12-15-55-3)40-29(51)20(8-7-14-38-33(35)36)41-30(52)21(10-11-25(47)48)42-32(54)26(18(2)44)43-31(53)22(16-23(34)45)39-24(46)9-5-4-6-13-37-17/h17-22,26,37,44H,4-16H2,1-3H3,(H2,34,45)(H,39,46)(H,40,51)(H,41,52)(H,42,54)(H,43,53)(H,47,48)(H4,35,36,38)/t17?,18-,19?,20+,21?,22?,26+/m1/s1. The number of carbonyl (C=O) groups excluding carboxylic acids is 8. The molecule has 0 bridgehead atoms. The van der Waals surface area contributed by atoms with E-state index in [1.165, 1.54) is 18.7 Å². The van der Waals surface area contributed by atoms with E-state index in [0.717, 1.165) is 6.92 Å². The number of aliphatic hydroxyl groups is 1. The lowest BCUT2D eigenvalue weighted by atomic mass is 10.0. The van der Waals surface area contributed by atoms with Gasteiger partial charge in [0.15, 0.2) is 5.96 Å². The fraction of sp³-hybridized carbons (Fsp3) is 0.697. The molecule has 1 saturated heterocycles. The number of nitrogens with one attached hydrogen (secondary N) is 8. The first kappa shape index (κ1) is 48.2. The average Bonchev–Trinajstić information content (AvgIpc) is 3.10. The minimum Gasteiger partial charge on any atom is -0.481 e. The number of nitrogens with two attached hydrogens (primary N) is 2. The summed E-state index contributed by atoms with van der Waals surface area (Å²) in [4.78, 5) is 117. The Kier molecular flexibility index (Phi) is 22.2. The highest BCUT2D eigenvalue weighted by Gasteiger charge is 2.36. The van der Waals surface area contributed by atoms with Gasteiger partial charge in [0.05, 0.1) is 24.6 Å². The Morgan fingerprint density at radius 2 is 1.44 bits per heavy atom. The van der Waals surface area contributed by atoms with Crippen LogP contribution in [0.5, 0.6) is 0 Å². The maximum Gasteiger partial charge on any atom is 0.303 e. The number of Topliss-reactive ketones (excluding diaryl/α,β-unsaturated/α-hetero) is 2. The zero-order valence-corrected chi connectivity index (χ0v) is 32.2. The lowest BCUT2D eigenvalue weighted by Gasteiger charge is -2.28. The van der Waals surface area contributed by atoms with Crippen molar-refractivity contribution in [1.29, 1.82) is 5.41 Å². The topological polar surface area (TPSA) is 354 Å². The Balaban J connectivity index is 3.61. The lowest BCUT2D eigenvalue weighted by Crippen LogP contribution is -2.61. The molecule has 310 valence electrons. The third-order valence-electron chi connectivity index (χ3n) is 8.43. The van der Waals surface area contributed by atoms with E-state index in [1.54, 1.807) is 6.26 Å². The molecule has 1 heterocycles. The monoisotopic (exact) mass is 800 g/mol. The molecule has 7 atom stereocenters. The normalized spacial score (nSPS) is 25.2. The van der Waals surface area contributed by atoms with Gasteiger partial charge < -0.3 is 58.9 Å². The summed E-state index contributed by atoms with van der Waals surface area (Å²) in [6.45, 7) is 3.02. The molecule has 1 rings (SSSR count). The summed E-state index contributed by atoms with van der Waals surface area (Å²) < 4.78 is 0. The Morgan fingerprint density at radius 3 is 2.02 bits per heavy atom. The van der Waals surface area contributed by atoms with E-state index < -0.39 is 115 Å². The van der Waals surface area contributed by atoms with Crippen LogP contribution in [-0.2, 0) is 43.2 Å². The first-order valence-corrected chi connectivity index (χ1v) is 19.3. The zero-order chi connectivity index (χ0) is 41.7. The Bertz CT molecular complexity index is 1400. The number of aliphatic carboxylic acids is 1. The number of hydrogen-bond acceptors (Lipinski definition) is 13. The van der Waals surface area contributed by atoms with Gasteiger partial charge >= 0.3 is 5.97 Å². The van der Waals surface area contributed by atoms with Gasteiger partial charge in [0.1, 0.15) is 24.2 Å². The van der Waals surface area contributed by atoms with E-state index in [4.69, 9.17) is 16.9 Å². The number of guanidine groups is 1. The van der Waals surface area contributed by atoms with Crippen LogP contribution in [0.2, 0.25) is 0 Å². The van der Waals surface area contributed by atoms with Crippen molar-refractivity contribution in [1.82, 2.24) is 37.2 Å². The number of thioether (sulfide) groups is 1. The maximum atomic E-state index is 13.7. The van der Waals surface area contributed by atoms with E-state index in [0.29, 0.717) is 31.6 Å². The van der Waals surface area contributed by atoms with Gasteiger partial charge in [-0.2, -0.15) is 11.8 Å². The van der Waals surface area contributed by atoms with Gasteiger partial charge in [-0.05, 0) is 70.9 Å². The molecular formula is C33H56N10O11S. The molecule has 0 aromatic heterocycles. The van der Waals surface area contributed by atoms with Crippen LogP contribution in [0.4, 0.5) is 0 Å². The summed E-state index contributed by atoms with van der Waals surface area (Å²) >= 11 is 1.37. The van der Waals surface area contributed by atoms with E-state index in [9.17, 15) is 53.4 Å². The van der Waals surface area contributed by atoms with E-state index in [1.807, 2.05) is 0 Å². The number of carboxylic acid groups (broad SMARTS) is 1. The Hall–Kier alpha value is -4.83. The summed E-state index contributed by atoms with van der Waals surface area (Å²) in [6, 6.07) is -8.58. The smallest absolute Gasteiger partial charge is 0.303 e. The van der Waals surface area contributed by atoms with Gasteiger partial charge in [-0.25, -0.2) is 0 Å². The first-order chi connectivity index (χ1) is 25.9. The molecule has 1 aliphatic rings. The minimum absolute atomic E-state index is 0.0682. The molecule has 0 aromatic rings.